The van der Waals surface area contributed by atoms with Crippen LogP contribution in [0.3, 0.4) is 0 Å². The fraction of sp³-hybridized carbons (Fsp3) is 0.462. The molecule has 0 unspecified atom stereocenters. The minimum Gasteiger partial charge on any atom is -0.356 e. The van der Waals surface area contributed by atoms with Crippen LogP contribution in [0.4, 0.5) is 0 Å². The molecule has 18 heavy (non-hydrogen) atoms. The molecular weight excluding hydrogens is 230 g/mol. The summed E-state index contributed by atoms with van der Waals surface area (Å²) < 4.78 is 0. The number of amides is 1. The van der Waals surface area contributed by atoms with Gasteiger partial charge in [-0.1, -0.05) is 0 Å². The van der Waals surface area contributed by atoms with Gasteiger partial charge in [0.1, 0.15) is 11.6 Å². The number of aromatic nitrogens is 1. The molecule has 0 saturated carbocycles. The topological polar surface area (TPSA) is 85.8 Å². The summed E-state index contributed by atoms with van der Waals surface area (Å²) in [5.74, 6) is -0.0268. The number of nitriles is 1. The monoisotopic (exact) mass is 247 g/mol. The van der Waals surface area contributed by atoms with Crippen molar-refractivity contribution < 1.29 is 4.79 Å². The number of rotatable bonds is 4. The minimum absolute atomic E-state index is 0.0268. The maximum Gasteiger partial charge on any atom is 0.266 e. The SMILES string of the molecule is CCNC(=O)CCc1c(C)[nH]c(=O)c(C#N)c1C. The first-order chi connectivity index (χ1) is 8.51. The number of hydrogen-bond donors (Lipinski definition) is 2. The van der Waals surface area contributed by atoms with Crippen molar-refractivity contribution in [2.75, 3.05) is 6.54 Å². The number of aromatic amines is 1. The van der Waals surface area contributed by atoms with E-state index in [1.807, 2.05) is 13.0 Å². The Bertz CT molecular complexity index is 553. The van der Waals surface area contributed by atoms with Crippen LogP contribution < -0.4 is 10.9 Å². The Hall–Kier alpha value is -2.09. The average molecular weight is 247 g/mol. The van der Waals surface area contributed by atoms with Gasteiger partial charge in [-0.05, 0) is 38.3 Å². The minimum atomic E-state index is -0.366. The zero-order valence-electron chi connectivity index (χ0n) is 10.9. The molecule has 0 fully saturated rings. The van der Waals surface area contributed by atoms with Crippen molar-refractivity contribution in [2.24, 2.45) is 0 Å². The largest absolute Gasteiger partial charge is 0.356 e. The highest BCUT2D eigenvalue weighted by Crippen LogP contribution is 2.14. The van der Waals surface area contributed by atoms with Crippen LogP contribution in [0.1, 0.15) is 35.7 Å². The number of pyridine rings is 1. The summed E-state index contributed by atoms with van der Waals surface area (Å²) in [4.78, 5) is 25.6. The second-order valence-corrected chi connectivity index (χ2v) is 4.12. The summed E-state index contributed by atoms with van der Waals surface area (Å²) in [6.45, 7) is 5.99. The van der Waals surface area contributed by atoms with Gasteiger partial charge >= 0.3 is 0 Å². The van der Waals surface area contributed by atoms with Crippen LogP contribution >= 0.6 is 0 Å². The van der Waals surface area contributed by atoms with Gasteiger partial charge in [-0.2, -0.15) is 5.26 Å². The molecule has 5 nitrogen and oxygen atoms in total. The second kappa shape index (κ2) is 6.01. The van der Waals surface area contributed by atoms with Crippen LogP contribution in [-0.2, 0) is 11.2 Å². The van der Waals surface area contributed by atoms with Crippen molar-refractivity contribution >= 4 is 5.91 Å². The second-order valence-electron chi connectivity index (χ2n) is 4.12. The zero-order chi connectivity index (χ0) is 13.7. The third-order valence-electron chi connectivity index (χ3n) is 2.90. The Morgan fingerprint density at radius 3 is 2.67 bits per heavy atom. The number of H-pyrrole nitrogens is 1. The van der Waals surface area contributed by atoms with Gasteiger partial charge in [0.05, 0.1) is 0 Å². The van der Waals surface area contributed by atoms with E-state index in [1.165, 1.54) is 0 Å². The predicted octanol–water partition coefficient (Wildman–Crippen LogP) is 0.932. The third-order valence-corrected chi connectivity index (χ3v) is 2.90. The van der Waals surface area contributed by atoms with E-state index in [4.69, 9.17) is 5.26 Å². The van der Waals surface area contributed by atoms with E-state index < -0.39 is 0 Å². The summed E-state index contributed by atoms with van der Waals surface area (Å²) in [5, 5.41) is 11.6. The molecule has 0 aliphatic carbocycles. The Balaban J connectivity index is 3.00. The lowest BCUT2D eigenvalue weighted by Crippen LogP contribution is -2.23. The van der Waals surface area contributed by atoms with Gasteiger partial charge in [0.2, 0.25) is 5.91 Å². The van der Waals surface area contributed by atoms with E-state index in [0.717, 1.165) is 11.3 Å². The van der Waals surface area contributed by atoms with Crippen LogP contribution in [0, 0.1) is 25.2 Å². The van der Waals surface area contributed by atoms with Crippen molar-refractivity contribution in [3.8, 4) is 6.07 Å². The molecular formula is C13H17N3O2. The Morgan fingerprint density at radius 2 is 2.11 bits per heavy atom. The number of aryl methyl sites for hydroxylation is 1. The maximum atomic E-state index is 11.5. The molecule has 96 valence electrons. The van der Waals surface area contributed by atoms with Crippen molar-refractivity contribution in [2.45, 2.75) is 33.6 Å². The van der Waals surface area contributed by atoms with E-state index in [9.17, 15) is 9.59 Å². The summed E-state index contributed by atoms with van der Waals surface area (Å²) in [6, 6.07) is 1.90. The predicted molar refractivity (Wildman–Crippen MR) is 68.3 cm³/mol. The number of carbonyl (C=O) groups excluding carboxylic acids is 1. The molecule has 0 saturated heterocycles. The van der Waals surface area contributed by atoms with Crippen LogP contribution in [0.15, 0.2) is 4.79 Å². The molecule has 1 aromatic heterocycles. The first-order valence-corrected chi connectivity index (χ1v) is 5.90. The summed E-state index contributed by atoms with van der Waals surface area (Å²) in [5.41, 5.74) is 2.03. The quantitative estimate of drug-likeness (QED) is 0.830. The fourth-order valence-electron chi connectivity index (χ4n) is 1.94. The van der Waals surface area contributed by atoms with Gasteiger partial charge in [-0.15, -0.1) is 0 Å². The lowest BCUT2D eigenvalue weighted by Gasteiger charge is -2.10. The van der Waals surface area contributed by atoms with E-state index in [1.54, 1.807) is 13.8 Å². The van der Waals surface area contributed by atoms with E-state index in [2.05, 4.69) is 10.3 Å². The molecule has 1 heterocycles. The van der Waals surface area contributed by atoms with Crippen LogP contribution in [-0.4, -0.2) is 17.4 Å². The lowest BCUT2D eigenvalue weighted by molar-refractivity contribution is -0.120. The highest BCUT2D eigenvalue weighted by atomic mass is 16.1. The van der Waals surface area contributed by atoms with Gasteiger partial charge in [-0.3, -0.25) is 9.59 Å². The fourth-order valence-corrected chi connectivity index (χ4v) is 1.94. The van der Waals surface area contributed by atoms with Crippen molar-refractivity contribution in [1.29, 1.82) is 5.26 Å². The van der Waals surface area contributed by atoms with E-state index in [0.29, 0.717) is 24.9 Å². The molecule has 0 aromatic carbocycles. The Morgan fingerprint density at radius 1 is 1.44 bits per heavy atom. The molecule has 0 aliphatic rings. The number of hydrogen-bond acceptors (Lipinski definition) is 3. The summed E-state index contributed by atoms with van der Waals surface area (Å²) in [7, 11) is 0. The van der Waals surface area contributed by atoms with Crippen molar-refractivity contribution in [1.82, 2.24) is 10.3 Å². The molecule has 2 N–H and O–H groups in total. The average Bonchev–Trinajstić information content (AvgIpc) is 2.29. The van der Waals surface area contributed by atoms with Gasteiger partial charge in [-0.25, -0.2) is 0 Å². The summed E-state index contributed by atoms with van der Waals surface area (Å²) >= 11 is 0. The third kappa shape index (κ3) is 2.98. The number of nitrogens with one attached hydrogen (secondary N) is 2. The van der Waals surface area contributed by atoms with Gasteiger partial charge in [0, 0.05) is 18.7 Å². The van der Waals surface area contributed by atoms with Crippen LogP contribution in [0.25, 0.3) is 0 Å². The van der Waals surface area contributed by atoms with E-state index in [-0.39, 0.29) is 17.0 Å². The number of nitrogens with zero attached hydrogens (tertiary/aromatic N) is 1. The molecule has 1 amide bonds. The molecule has 0 bridgehead atoms. The first kappa shape index (κ1) is 14.0. The number of carbonyl (C=O) groups is 1. The summed E-state index contributed by atoms with van der Waals surface area (Å²) in [6.07, 6.45) is 0.876. The smallest absolute Gasteiger partial charge is 0.266 e. The first-order valence-electron chi connectivity index (χ1n) is 5.90. The Kier molecular flexibility index (Phi) is 4.67. The normalized spacial score (nSPS) is 9.89. The highest BCUT2D eigenvalue weighted by Gasteiger charge is 2.12. The zero-order valence-corrected chi connectivity index (χ0v) is 10.9. The molecule has 0 spiro atoms. The molecule has 0 atom stereocenters. The maximum absolute atomic E-state index is 11.5. The van der Waals surface area contributed by atoms with Gasteiger partial charge in [0.15, 0.2) is 0 Å². The highest BCUT2D eigenvalue weighted by molar-refractivity contribution is 5.76. The lowest BCUT2D eigenvalue weighted by atomic mass is 9.99. The van der Waals surface area contributed by atoms with Crippen molar-refractivity contribution in [3.05, 3.63) is 32.7 Å². The van der Waals surface area contributed by atoms with Crippen LogP contribution in [0.5, 0.6) is 0 Å². The molecule has 1 aromatic rings. The molecule has 0 radical (unpaired) electrons. The molecule has 0 aliphatic heterocycles. The van der Waals surface area contributed by atoms with Gasteiger partial charge in [0.25, 0.3) is 5.56 Å². The van der Waals surface area contributed by atoms with E-state index >= 15 is 0 Å². The van der Waals surface area contributed by atoms with Crippen molar-refractivity contribution in [3.63, 3.8) is 0 Å². The molecule has 1 rings (SSSR count). The van der Waals surface area contributed by atoms with Crippen LogP contribution in [0.2, 0.25) is 0 Å². The Labute approximate surface area is 106 Å². The standard InChI is InChI=1S/C13H17N3O2/c1-4-15-12(17)6-5-10-8(2)11(7-14)13(18)16-9(10)3/h4-6H2,1-3H3,(H,15,17)(H,16,18). The van der Waals surface area contributed by atoms with Gasteiger partial charge < -0.3 is 10.3 Å². The molecule has 5 heteroatoms.